The summed E-state index contributed by atoms with van der Waals surface area (Å²) in [6.07, 6.45) is -2.36. The Morgan fingerprint density at radius 2 is 2.15 bits per heavy atom. The minimum Gasteiger partial charge on any atom is -0.325 e. The van der Waals surface area contributed by atoms with Crippen LogP contribution in [0.3, 0.4) is 0 Å². The number of carbonyl (C=O) groups is 1. The van der Waals surface area contributed by atoms with Crippen LogP contribution in [-0.4, -0.2) is 39.0 Å². The number of hydrogen-bond acceptors (Lipinski definition) is 4. The summed E-state index contributed by atoms with van der Waals surface area (Å²) in [5.74, 6) is -0.939. The fourth-order valence-corrected chi connectivity index (χ4v) is 2.72. The van der Waals surface area contributed by atoms with Crippen molar-refractivity contribution in [3.8, 4) is 0 Å². The summed E-state index contributed by atoms with van der Waals surface area (Å²) in [6, 6.07) is 1.07. The van der Waals surface area contributed by atoms with Crippen LogP contribution in [0.4, 0.5) is 28.0 Å². The van der Waals surface area contributed by atoms with Crippen molar-refractivity contribution in [3.63, 3.8) is 0 Å². The lowest BCUT2D eigenvalue weighted by Crippen LogP contribution is -2.33. The number of likely N-dealkylation sites (tertiary alicyclic amines) is 1. The van der Waals surface area contributed by atoms with Gasteiger partial charge < -0.3 is 16.0 Å². The number of urea groups is 1. The Bertz CT molecular complexity index is 806. The molecule has 0 saturated carbocycles. The number of alkyl halides is 3. The molecule has 1 unspecified atom stereocenters. The summed E-state index contributed by atoms with van der Waals surface area (Å²) >= 11 is 0. The largest absolute Gasteiger partial charge is 0.416 e. The number of halogens is 4. The van der Waals surface area contributed by atoms with Crippen molar-refractivity contribution in [1.29, 1.82) is 0 Å². The summed E-state index contributed by atoms with van der Waals surface area (Å²) in [4.78, 5) is 13.7. The number of anilines is 1. The highest BCUT2D eigenvalue weighted by atomic mass is 19.4. The normalized spacial score (nSPS) is 17.6. The topological polar surface area (TPSA) is 89.1 Å². The molecule has 2 amide bonds. The summed E-state index contributed by atoms with van der Waals surface area (Å²) in [6.45, 7) is 0.875. The van der Waals surface area contributed by atoms with Crippen molar-refractivity contribution in [2.24, 2.45) is 5.73 Å². The maximum Gasteiger partial charge on any atom is 0.416 e. The molecule has 1 saturated heterocycles. The van der Waals surface area contributed by atoms with Gasteiger partial charge in [0, 0.05) is 19.6 Å². The minimum absolute atomic E-state index is 0.125. The van der Waals surface area contributed by atoms with Crippen LogP contribution in [-0.2, 0) is 12.7 Å². The van der Waals surface area contributed by atoms with Crippen LogP contribution in [0, 0.1) is 5.82 Å². The molecule has 1 aromatic carbocycles. The molecule has 0 radical (unpaired) electrons. The van der Waals surface area contributed by atoms with Crippen molar-refractivity contribution in [2.45, 2.75) is 25.2 Å². The molecule has 1 aromatic heterocycles. The number of aromatic nitrogens is 3. The number of carbonyl (C=O) groups excluding carboxylic acids is 1. The molecule has 1 atom stereocenters. The van der Waals surface area contributed by atoms with E-state index in [2.05, 4.69) is 15.6 Å². The highest BCUT2D eigenvalue weighted by Crippen LogP contribution is 2.32. The molecular weight excluding hydrogens is 356 g/mol. The minimum atomic E-state index is -4.63. The number of nitrogens with one attached hydrogen (secondary N) is 1. The van der Waals surface area contributed by atoms with Crippen molar-refractivity contribution >= 4 is 11.7 Å². The second-order valence-electron chi connectivity index (χ2n) is 5.91. The van der Waals surface area contributed by atoms with E-state index in [0.29, 0.717) is 36.9 Å². The first kappa shape index (κ1) is 18.1. The van der Waals surface area contributed by atoms with Crippen molar-refractivity contribution < 1.29 is 22.4 Å². The monoisotopic (exact) mass is 372 g/mol. The first-order chi connectivity index (χ1) is 12.3. The van der Waals surface area contributed by atoms with E-state index in [0.717, 1.165) is 0 Å². The van der Waals surface area contributed by atoms with Crippen LogP contribution >= 0.6 is 0 Å². The van der Waals surface area contributed by atoms with Gasteiger partial charge in [0.1, 0.15) is 5.82 Å². The Hall–Kier alpha value is -2.69. The summed E-state index contributed by atoms with van der Waals surface area (Å²) < 4.78 is 53.6. The quantitative estimate of drug-likeness (QED) is 0.810. The maximum absolute atomic E-state index is 13.8. The van der Waals surface area contributed by atoms with Crippen molar-refractivity contribution in [3.05, 3.63) is 41.5 Å². The van der Waals surface area contributed by atoms with Gasteiger partial charge >= 0.3 is 12.2 Å². The molecule has 1 fully saturated rings. The van der Waals surface area contributed by atoms with Crippen molar-refractivity contribution in [2.75, 3.05) is 18.4 Å². The average molecular weight is 372 g/mol. The standard InChI is InChI=1S/C15H16F4N6O/c16-12-2-1-9(15(17,18)19)5-13(12)21-14(26)24-4-3-11(8-24)25-7-10(6-20)22-23-25/h1-2,5,7,11H,3-4,6,8,20H2,(H,21,26). The second-order valence-corrected chi connectivity index (χ2v) is 5.91. The summed E-state index contributed by atoms with van der Waals surface area (Å²) in [7, 11) is 0. The number of amides is 2. The van der Waals surface area contributed by atoms with E-state index < -0.39 is 29.3 Å². The zero-order valence-electron chi connectivity index (χ0n) is 13.5. The molecule has 11 heteroatoms. The molecule has 26 heavy (non-hydrogen) atoms. The van der Waals surface area contributed by atoms with Gasteiger partial charge in [-0.1, -0.05) is 5.21 Å². The molecule has 140 valence electrons. The predicted molar refractivity (Wildman–Crippen MR) is 83.6 cm³/mol. The second kappa shape index (κ2) is 6.90. The van der Waals surface area contributed by atoms with Gasteiger partial charge in [-0.05, 0) is 24.6 Å². The van der Waals surface area contributed by atoms with Gasteiger partial charge in [0.25, 0.3) is 0 Å². The lowest BCUT2D eigenvalue weighted by molar-refractivity contribution is -0.137. The number of benzene rings is 1. The highest BCUT2D eigenvalue weighted by Gasteiger charge is 2.32. The van der Waals surface area contributed by atoms with Crippen LogP contribution in [0.1, 0.15) is 23.7 Å². The Labute approximate surface area is 145 Å². The van der Waals surface area contributed by atoms with Gasteiger partial charge in [-0.2, -0.15) is 13.2 Å². The van der Waals surface area contributed by atoms with Gasteiger partial charge in [0.15, 0.2) is 0 Å². The van der Waals surface area contributed by atoms with Gasteiger partial charge in [0.05, 0.1) is 29.2 Å². The van der Waals surface area contributed by atoms with Gasteiger partial charge in [-0.25, -0.2) is 13.9 Å². The number of rotatable bonds is 3. The van der Waals surface area contributed by atoms with Gasteiger partial charge in [-0.15, -0.1) is 5.10 Å². The SMILES string of the molecule is NCc1cn(C2CCN(C(=O)Nc3cc(C(F)(F)F)ccc3F)C2)nn1. The smallest absolute Gasteiger partial charge is 0.325 e. The van der Waals surface area contributed by atoms with Gasteiger partial charge in [-0.3, -0.25) is 0 Å². The van der Waals surface area contributed by atoms with Gasteiger partial charge in [0.2, 0.25) is 0 Å². The van der Waals surface area contributed by atoms with Crippen LogP contribution in [0.15, 0.2) is 24.4 Å². The number of nitrogens with two attached hydrogens (primary N) is 1. The molecule has 1 aliphatic rings. The van der Waals surface area contributed by atoms with E-state index in [1.54, 1.807) is 10.9 Å². The zero-order chi connectivity index (χ0) is 18.9. The first-order valence-corrected chi connectivity index (χ1v) is 7.81. The molecule has 0 bridgehead atoms. The van der Waals surface area contributed by atoms with E-state index in [4.69, 9.17) is 5.73 Å². The molecular formula is C15H16F4N6O. The maximum atomic E-state index is 13.8. The lowest BCUT2D eigenvalue weighted by atomic mass is 10.2. The zero-order valence-corrected chi connectivity index (χ0v) is 13.5. The Balaban J connectivity index is 1.67. The third-order valence-corrected chi connectivity index (χ3v) is 4.13. The van der Waals surface area contributed by atoms with E-state index in [1.165, 1.54) is 4.90 Å². The van der Waals surface area contributed by atoms with Crippen molar-refractivity contribution in [1.82, 2.24) is 19.9 Å². The van der Waals surface area contributed by atoms with E-state index in [9.17, 15) is 22.4 Å². The van der Waals surface area contributed by atoms with E-state index in [1.807, 2.05) is 0 Å². The third kappa shape index (κ3) is 3.77. The average Bonchev–Trinajstić information content (AvgIpc) is 3.24. The summed E-state index contributed by atoms with van der Waals surface area (Å²) in [5.41, 5.74) is 4.53. The third-order valence-electron chi connectivity index (χ3n) is 4.13. The van der Waals surface area contributed by atoms with E-state index in [-0.39, 0.29) is 19.1 Å². The van der Waals surface area contributed by atoms with Crippen LogP contribution < -0.4 is 11.1 Å². The molecule has 2 aromatic rings. The fraction of sp³-hybridized carbons (Fsp3) is 0.400. The Morgan fingerprint density at radius 1 is 1.38 bits per heavy atom. The van der Waals surface area contributed by atoms with Crippen LogP contribution in [0.5, 0.6) is 0 Å². The molecule has 7 nitrogen and oxygen atoms in total. The number of hydrogen-bond donors (Lipinski definition) is 2. The van der Waals surface area contributed by atoms with Crippen LogP contribution in [0.25, 0.3) is 0 Å². The van der Waals surface area contributed by atoms with Crippen LogP contribution in [0.2, 0.25) is 0 Å². The number of nitrogens with zero attached hydrogens (tertiary/aromatic N) is 4. The molecule has 2 heterocycles. The fourth-order valence-electron chi connectivity index (χ4n) is 2.72. The molecule has 0 spiro atoms. The molecule has 3 N–H and O–H groups in total. The van der Waals surface area contributed by atoms with E-state index >= 15 is 0 Å². The molecule has 0 aliphatic carbocycles. The highest BCUT2D eigenvalue weighted by molar-refractivity contribution is 5.89. The molecule has 1 aliphatic heterocycles. The predicted octanol–water partition coefficient (Wildman–Crippen LogP) is 2.37. The summed E-state index contributed by atoms with van der Waals surface area (Å²) in [5, 5.41) is 10.0. The first-order valence-electron chi connectivity index (χ1n) is 7.81. The molecule has 3 rings (SSSR count). The lowest BCUT2D eigenvalue weighted by Gasteiger charge is -2.18. The Kier molecular flexibility index (Phi) is 4.81. The Morgan fingerprint density at radius 3 is 2.81 bits per heavy atom.